The molecule has 0 bridgehead atoms. The van der Waals surface area contributed by atoms with E-state index in [1.54, 1.807) is 24.3 Å². The van der Waals surface area contributed by atoms with Gasteiger partial charge in [-0.15, -0.1) is 0 Å². The fraction of sp³-hybridized carbons (Fsp3) is 0.222. The topological polar surface area (TPSA) is 127 Å². The lowest BCUT2D eigenvalue weighted by atomic mass is 10.0. The van der Waals surface area contributed by atoms with Crippen LogP contribution in [0.15, 0.2) is 53.6 Å². The predicted molar refractivity (Wildman–Crippen MR) is 140 cm³/mol. The van der Waals surface area contributed by atoms with E-state index in [2.05, 4.69) is 24.8 Å². The van der Waals surface area contributed by atoms with Crippen LogP contribution in [-0.2, 0) is 10.5 Å². The predicted octanol–water partition coefficient (Wildman–Crippen LogP) is 5.29. The molecule has 1 fully saturated rings. The monoisotopic (exact) mass is 532 g/mol. The largest absolute Gasteiger partial charge is 0.496 e. The molecule has 2 aromatic carbocycles. The lowest BCUT2D eigenvalue weighted by Crippen LogP contribution is -2.14. The molecule has 1 aliphatic carbocycles. The van der Waals surface area contributed by atoms with Gasteiger partial charge < -0.3 is 18.5 Å². The van der Waals surface area contributed by atoms with Gasteiger partial charge in [-0.05, 0) is 43.2 Å². The maximum absolute atomic E-state index is 13.9. The van der Waals surface area contributed by atoms with Crippen LogP contribution in [0.25, 0.3) is 44.0 Å². The zero-order valence-electron chi connectivity index (χ0n) is 20.2. The van der Waals surface area contributed by atoms with Crippen LogP contribution < -0.4 is 14.3 Å². The SMILES string of the molecule is COc1cc2c(=O)c3c4ccc(C#N)cc4[nH]c3n(C3CCCC3)c2cc1-c1cncc(OS(=O)(=O)F)c1. The van der Waals surface area contributed by atoms with Gasteiger partial charge in [-0.2, -0.15) is 13.7 Å². The Morgan fingerprint density at radius 1 is 1.13 bits per heavy atom. The summed E-state index contributed by atoms with van der Waals surface area (Å²) in [6.07, 6.45) is 6.56. The Kier molecular flexibility index (Phi) is 5.57. The minimum absolute atomic E-state index is 0.134. The van der Waals surface area contributed by atoms with Gasteiger partial charge in [-0.25, -0.2) is 0 Å². The molecule has 11 heteroatoms. The number of aromatic amines is 1. The van der Waals surface area contributed by atoms with Crippen LogP contribution in [0.4, 0.5) is 3.89 Å². The third kappa shape index (κ3) is 3.94. The van der Waals surface area contributed by atoms with Gasteiger partial charge in [0.1, 0.15) is 11.4 Å². The normalized spacial score (nSPS) is 14.3. The second kappa shape index (κ2) is 8.85. The number of nitrogens with one attached hydrogen (secondary N) is 1. The maximum Gasteiger partial charge on any atom is 0.488 e. The van der Waals surface area contributed by atoms with Crippen molar-refractivity contribution < 1.29 is 21.2 Å². The molecule has 192 valence electrons. The standard InChI is InChI=1S/C27H21FN4O5S/c1-36-24-11-21-23(10-20(24)16-9-18(14-30-13-16)37-38(28,34)35)32(17-4-2-3-5-17)27-25(26(21)33)19-7-6-15(12-29)8-22(19)31-27/h6-11,13-14,17,31H,2-5H2,1H3. The smallest absolute Gasteiger partial charge is 0.488 e. The highest BCUT2D eigenvalue weighted by Crippen LogP contribution is 2.40. The fourth-order valence-corrected chi connectivity index (χ4v) is 5.85. The Labute approximate surface area is 216 Å². The average Bonchev–Trinajstić information content (AvgIpc) is 3.55. The minimum atomic E-state index is -5.23. The molecule has 1 N–H and O–H groups in total. The number of methoxy groups -OCH3 is 1. The number of nitriles is 1. The van der Waals surface area contributed by atoms with Crippen molar-refractivity contribution in [1.82, 2.24) is 14.5 Å². The summed E-state index contributed by atoms with van der Waals surface area (Å²) in [5, 5.41) is 11.1. The number of rotatable bonds is 5. The number of pyridine rings is 2. The maximum atomic E-state index is 13.9. The lowest BCUT2D eigenvalue weighted by molar-refractivity contribution is 0.417. The van der Waals surface area contributed by atoms with Crippen molar-refractivity contribution in [3.8, 4) is 28.7 Å². The highest BCUT2D eigenvalue weighted by atomic mass is 32.3. The van der Waals surface area contributed by atoms with Crippen LogP contribution >= 0.6 is 0 Å². The van der Waals surface area contributed by atoms with Gasteiger partial charge in [0.2, 0.25) is 0 Å². The van der Waals surface area contributed by atoms with Gasteiger partial charge in [-0.3, -0.25) is 9.78 Å². The molecule has 1 saturated carbocycles. The molecule has 6 rings (SSSR count). The quantitative estimate of drug-likeness (QED) is 0.305. The summed E-state index contributed by atoms with van der Waals surface area (Å²) in [5.74, 6) is 0.0697. The first kappa shape index (κ1) is 23.9. The molecule has 5 aromatic rings. The van der Waals surface area contributed by atoms with Crippen molar-refractivity contribution in [2.75, 3.05) is 7.11 Å². The number of H-pyrrole nitrogens is 1. The van der Waals surface area contributed by atoms with Gasteiger partial charge in [0.15, 0.2) is 11.2 Å². The minimum Gasteiger partial charge on any atom is -0.496 e. The Balaban J connectivity index is 1.69. The number of halogens is 1. The molecule has 0 atom stereocenters. The number of hydrogen-bond donors (Lipinski definition) is 1. The second-order valence-corrected chi connectivity index (χ2v) is 10.3. The van der Waals surface area contributed by atoms with E-state index in [4.69, 9.17) is 4.74 Å². The zero-order chi connectivity index (χ0) is 26.6. The third-order valence-electron chi connectivity index (χ3n) is 7.11. The summed E-state index contributed by atoms with van der Waals surface area (Å²) in [5.41, 5.74) is 3.31. The van der Waals surface area contributed by atoms with Crippen LogP contribution in [0.3, 0.4) is 0 Å². The van der Waals surface area contributed by atoms with E-state index < -0.39 is 10.5 Å². The van der Waals surface area contributed by atoms with E-state index in [9.17, 15) is 22.4 Å². The number of fused-ring (bicyclic) bond motifs is 4. The van der Waals surface area contributed by atoms with E-state index >= 15 is 0 Å². The van der Waals surface area contributed by atoms with Gasteiger partial charge in [0.05, 0.1) is 41.2 Å². The molecule has 1 aliphatic rings. The van der Waals surface area contributed by atoms with Gasteiger partial charge in [-0.1, -0.05) is 22.8 Å². The Morgan fingerprint density at radius 3 is 2.63 bits per heavy atom. The van der Waals surface area contributed by atoms with Crippen molar-refractivity contribution in [3.63, 3.8) is 0 Å². The summed E-state index contributed by atoms with van der Waals surface area (Å²) in [6.45, 7) is 0. The first-order valence-corrected chi connectivity index (χ1v) is 13.3. The summed E-state index contributed by atoms with van der Waals surface area (Å²) in [6, 6.07) is 12.3. The van der Waals surface area contributed by atoms with Crippen LogP contribution in [-0.4, -0.2) is 30.1 Å². The second-order valence-electron chi connectivity index (χ2n) is 9.31. The van der Waals surface area contributed by atoms with Crippen molar-refractivity contribution in [3.05, 3.63) is 64.6 Å². The fourth-order valence-electron chi connectivity index (χ4n) is 5.53. The van der Waals surface area contributed by atoms with E-state index in [-0.39, 0.29) is 17.2 Å². The molecule has 0 unspecified atom stereocenters. The summed E-state index contributed by atoms with van der Waals surface area (Å²) in [4.78, 5) is 21.3. The number of benzene rings is 2. The number of nitrogens with zero attached hydrogens (tertiary/aromatic N) is 3. The summed E-state index contributed by atoms with van der Waals surface area (Å²) < 4.78 is 47.3. The Hall–Kier alpha value is -4.43. The van der Waals surface area contributed by atoms with E-state index in [1.165, 1.54) is 19.4 Å². The molecule has 0 spiro atoms. The van der Waals surface area contributed by atoms with E-state index in [0.29, 0.717) is 49.9 Å². The Morgan fingerprint density at radius 2 is 1.92 bits per heavy atom. The van der Waals surface area contributed by atoms with Gasteiger partial charge >= 0.3 is 10.5 Å². The number of hydrogen-bond acceptors (Lipinski definition) is 7. The highest BCUT2D eigenvalue weighted by Gasteiger charge is 2.25. The van der Waals surface area contributed by atoms with Crippen LogP contribution in [0.5, 0.6) is 11.5 Å². The number of ether oxygens (including phenoxy) is 1. The van der Waals surface area contributed by atoms with Crippen LogP contribution in [0, 0.1) is 11.3 Å². The zero-order valence-corrected chi connectivity index (χ0v) is 21.0. The molecule has 0 saturated heterocycles. The molecule has 0 aliphatic heterocycles. The molecule has 0 amide bonds. The van der Waals surface area contributed by atoms with Gasteiger partial charge in [0.25, 0.3) is 0 Å². The first-order chi connectivity index (χ1) is 18.3. The van der Waals surface area contributed by atoms with Gasteiger partial charge in [0, 0.05) is 34.3 Å². The average molecular weight is 533 g/mol. The van der Waals surface area contributed by atoms with E-state index in [0.717, 1.165) is 37.3 Å². The molecule has 0 radical (unpaired) electrons. The lowest BCUT2D eigenvalue weighted by Gasteiger charge is -2.21. The van der Waals surface area contributed by atoms with E-state index in [1.807, 2.05) is 6.07 Å². The molecular weight excluding hydrogens is 511 g/mol. The van der Waals surface area contributed by atoms with Crippen LogP contribution in [0.2, 0.25) is 0 Å². The Bertz CT molecular complexity index is 1970. The molecule has 3 aromatic heterocycles. The first-order valence-electron chi connectivity index (χ1n) is 12.0. The molecule has 3 heterocycles. The van der Waals surface area contributed by atoms with Crippen molar-refractivity contribution in [1.29, 1.82) is 5.26 Å². The molecular formula is C27H21FN4O5S. The highest BCUT2D eigenvalue weighted by molar-refractivity contribution is 7.81. The van der Waals surface area contributed by atoms with Crippen molar-refractivity contribution in [2.24, 2.45) is 0 Å². The summed E-state index contributed by atoms with van der Waals surface area (Å²) >= 11 is 0. The van der Waals surface area contributed by atoms with Crippen LogP contribution in [0.1, 0.15) is 37.3 Å². The molecule has 38 heavy (non-hydrogen) atoms. The number of aromatic nitrogens is 3. The van der Waals surface area contributed by atoms with Crippen molar-refractivity contribution in [2.45, 2.75) is 31.7 Å². The summed E-state index contributed by atoms with van der Waals surface area (Å²) in [7, 11) is -3.77. The van der Waals surface area contributed by atoms with Crippen molar-refractivity contribution >= 4 is 43.3 Å². The molecule has 9 nitrogen and oxygen atoms in total. The third-order valence-corrected chi connectivity index (χ3v) is 7.50.